The number of Topliss-reactive ketones (excluding diaryl/α,β-unsaturated/α-hetero) is 2. The third kappa shape index (κ3) is 24.7. The second-order valence-electron chi connectivity index (χ2n) is 21.3. The highest BCUT2D eigenvalue weighted by atomic mass is 79.9. The van der Waals surface area contributed by atoms with Crippen molar-refractivity contribution in [3.63, 3.8) is 0 Å². The summed E-state index contributed by atoms with van der Waals surface area (Å²) in [5.41, 5.74) is 6.71. The van der Waals surface area contributed by atoms with E-state index in [4.69, 9.17) is 35.0 Å². The second-order valence-corrected chi connectivity index (χ2v) is 24.1. The Labute approximate surface area is 493 Å². The number of hydrogen-bond donors (Lipinski definition) is 6. The van der Waals surface area contributed by atoms with Gasteiger partial charge in [0.2, 0.25) is 5.91 Å². The van der Waals surface area contributed by atoms with Crippen molar-refractivity contribution in [3.8, 4) is 11.3 Å². The molecule has 3 aromatic carbocycles. The predicted molar refractivity (Wildman–Crippen MR) is 314 cm³/mol. The zero-order valence-electron chi connectivity index (χ0n) is 47.1. The van der Waals surface area contributed by atoms with Crippen LogP contribution in [-0.4, -0.2) is 144 Å². The summed E-state index contributed by atoms with van der Waals surface area (Å²) in [7, 11) is 0. The topological polar surface area (TPSA) is 316 Å². The first-order chi connectivity index (χ1) is 36.8. The molecule has 3 atom stereocenters. The van der Waals surface area contributed by atoms with E-state index >= 15 is 0 Å². The van der Waals surface area contributed by atoms with Gasteiger partial charge < -0.3 is 46.6 Å². The molecule has 440 valence electrons. The summed E-state index contributed by atoms with van der Waals surface area (Å²) in [6, 6.07) is 20.8. The number of likely N-dealkylation sites (tertiary alicyclic amines) is 3. The number of aliphatic carboxylic acids is 2. The number of ketones is 2. The highest BCUT2D eigenvalue weighted by Crippen LogP contribution is 2.33. The molecule has 4 amide bonds. The standard InChI is InChI=1S/C18H22BrN3O2.C18H23BrN2O4.C10H17NO4.C8H8BrNO.C2H4O2.H3N/c1-18(2,3)24-17(23)22-10-4-5-15(22)16-20-11-14(21-16)12-6-8-13(19)9-7-12;1-18(2,3)25-17(24)21-10-4-5-14(21)16(23)20-11-15(22)12-6-8-13(19)9-7-12;1-10(2,3)15-9(14)11-6-4-5-7(11)8(12)13;9-7-3-1-6(2-4-7)8(11)5-10;1-2(3)4;/h6-9,11,15H,4-5,10H2,1-3H3,(H,20,21);6-9,14H,4-5,10-11H2,1-3H3,(H,20,23);7H,4-6H2,1-3H3,(H,12,13);1-4H,5,10H2;1H3,(H,3,4);1H3/t15-;14-;7-;;;/m000.../s1. The van der Waals surface area contributed by atoms with Crippen LogP contribution in [0.5, 0.6) is 0 Å². The molecule has 3 aliphatic rings. The highest BCUT2D eigenvalue weighted by molar-refractivity contribution is 9.11. The van der Waals surface area contributed by atoms with E-state index in [1.54, 1.807) is 82.8 Å². The maximum atomic E-state index is 12.4. The van der Waals surface area contributed by atoms with Crippen LogP contribution in [0, 0.1) is 0 Å². The summed E-state index contributed by atoms with van der Waals surface area (Å²) in [5, 5.41) is 18.9. The van der Waals surface area contributed by atoms with Gasteiger partial charge in [0.25, 0.3) is 5.97 Å². The van der Waals surface area contributed by atoms with Gasteiger partial charge in [-0.25, -0.2) is 24.2 Å². The van der Waals surface area contributed by atoms with Gasteiger partial charge in [-0.3, -0.25) is 33.9 Å². The molecule has 0 bridgehead atoms. The lowest BCUT2D eigenvalue weighted by Gasteiger charge is -2.28. The Bertz CT molecular complexity index is 2680. The lowest BCUT2D eigenvalue weighted by atomic mass is 10.1. The van der Waals surface area contributed by atoms with Crippen LogP contribution in [0.3, 0.4) is 0 Å². The summed E-state index contributed by atoms with van der Waals surface area (Å²) in [5.74, 6) is -1.51. The first-order valence-corrected chi connectivity index (χ1v) is 27.9. The lowest BCUT2D eigenvalue weighted by Crippen LogP contribution is -2.48. The molecule has 24 heteroatoms. The average molecular weight is 1310 g/mol. The highest BCUT2D eigenvalue weighted by Gasteiger charge is 2.38. The molecular weight excluding hydrogens is 1230 g/mol. The number of carbonyl (C=O) groups is 8. The maximum absolute atomic E-state index is 12.4. The van der Waals surface area contributed by atoms with E-state index in [-0.39, 0.29) is 48.8 Å². The predicted octanol–water partition coefficient (Wildman–Crippen LogP) is 11.4. The van der Waals surface area contributed by atoms with E-state index in [1.807, 2.05) is 63.4 Å². The van der Waals surface area contributed by atoms with Gasteiger partial charge in [0, 0.05) is 51.1 Å². The molecule has 80 heavy (non-hydrogen) atoms. The molecule has 0 unspecified atom stereocenters. The van der Waals surface area contributed by atoms with Crippen molar-refractivity contribution in [2.24, 2.45) is 5.73 Å². The van der Waals surface area contributed by atoms with Gasteiger partial charge in [-0.1, -0.05) is 84.2 Å². The van der Waals surface area contributed by atoms with Crippen molar-refractivity contribution < 1.29 is 62.8 Å². The minimum atomic E-state index is -0.960. The van der Waals surface area contributed by atoms with E-state index < -0.39 is 53.0 Å². The number of carbonyl (C=O) groups excluding carboxylic acids is 6. The minimum Gasteiger partial charge on any atom is -0.481 e. The van der Waals surface area contributed by atoms with Crippen molar-refractivity contribution in [1.82, 2.24) is 36.1 Å². The van der Waals surface area contributed by atoms with E-state index in [0.29, 0.717) is 43.6 Å². The molecule has 3 fully saturated rings. The molecule has 9 N–H and O–H groups in total. The normalized spacial score (nSPS) is 16.5. The number of ether oxygens (including phenoxy) is 3. The number of hydrogen-bond acceptors (Lipinski definition) is 14. The average Bonchev–Trinajstić information content (AvgIpc) is 4.20. The van der Waals surface area contributed by atoms with Crippen molar-refractivity contribution in [3.05, 3.63) is 109 Å². The number of benzene rings is 3. The SMILES string of the molecule is CC(=O)O.CC(C)(C)OC(=O)N1CCC[C@H]1C(=O)NCC(=O)c1ccc(Br)cc1.CC(C)(C)OC(=O)N1CCC[C@H]1C(=O)O.CC(C)(C)OC(=O)N1CCC[C@H]1c1ncc(-c2ccc(Br)cc2)[nH]1.N.NCC(=O)c1ccc(Br)cc1. The van der Waals surface area contributed by atoms with Gasteiger partial charge >= 0.3 is 24.2 Å². The monoisotopic (exact) mass is 1310 g/mol. The van der Waals surface area contributed by atoms with Gasteiger partial charge in [0.15, 0.2) is 11.6 Å². The van der Waals surface area contributed by atoms with Crippen LogP contribution in [0.1, 0.15) is 140 Å². The Balaban J connectivity index is 0.000000369. The number of halogens is 3. The number of nitrogens with two attached hydrogens (primary N) is 1. The molecular formula is C56H77Br3N8O13. The second kappa shape index (κ2) is 32.3. The molecule has 4 aromatic rings. The largest absolute Gasteiger partial charge is 0.481 e. The summed E-state index contributed by atoms with van der Waals surface area (Å²) in [6.07, 6.45) is 4.90. The first kappa shape index (κ1) is 69.9. The Morgan fingerprint density at radius 1 is 0.613 bits per heavy atom. The number of aromatic amines is 1. The molecule has 0 radical (unpaired) electrons. The summed E-state index contributed by atoms with van der Waals surface area (Å²) in [4.78, 5) is 104. The zero-order valence-corrected chi connectivity index (χ0v) is 51.9. The van der Waals surface area contributed by atoms with Gasteiger partial charge in [0.05, 0.1) is 31.0 Å². The molecule has 1 aromatic heterocycles. The van der Waals surface area contributed by atoms with Crippen LogP contribution in [0.4, 0.5) is 14.4 Å². The molecule has 0 aliphatic carbocycles. The number of aromatic nitrogens is 2. The van der Waals surface area contributed by atoms with Crippen LogP contribution >= 0.6 is 47.8 Å². The number of nitrogens with zero attached hydrogens (tertiary/aromatic N) is 4. The molecule has 3 aliphatic heterocycles. The number of carboxylic acids is 2. The fourth-order valence-corrected chi connectivity index (χ4v) is 8.58. The summed E-state index contributed by atoms with van der Waals surface area (Å²) < 4.78 is 18.9. The number of H-pyrrole nitrogens is 1. The van der Waals surface area contributed by atoms with Gasteiger partial charge in [-0.05, 0) is 143 Å². The van der Waals surface area contributed by atoms with E-state index in [2.05, 4.69) is 63.1 Å². The van der Waals surface area contributed by atoms with E-state index in [9.17, 15) is 33.6 Å². The van der Waals surface area contributed by atoms with Gasteiger partial charge in [0.1, 0.15) is 34.7 Å². The maximum Gasteiger partial charge on any atom is 0.411 e. The Morgan fingerprint density at radius 2 is 0.988 bits per heavy atom. The number of nitrogens with one attached hydrogen (secondary N) is 2. The third-order valence-corrected chi connectivity index (χ3v) is 12.8. The van der Waals surface area contributed by atoms with Crippen molar-refractivity contribution >= 4 is 95.5 Å². The third-order valence-electron chi connectivity index (χ3n) is 11.2. The Kier molecular flexibility index (Phi) is 28.2. The number of imidazole rings is 1. The van der Waals surface area contributed by atoms with Crippen LogP contribution in [0.15, 0.2) is 92.4 Å². The molecule has 4 heterocycles. The number of rotatable bonds is 9. The van der Waals surface area contributed by atoms with Crippen LogP contribution in [-0.2, 0) is 28.6 Å². The minimum absolute atomic E-state index is 0. The van der Waals surface area contributed by atoms with Crippen molar-refractivity contribution in [2.75, 3.05) is 32.7 Å². The quantitative estimate of drug-likeness (QED) is 0.0670. The van der Waals surface area contributed by atoms with Gasteiger partial charge in [-0.15, -0.1) is 0 Å². The molecule has 0 saturated carbocycles. The summed E-state index contributed by atoms with van der Waals surface area (Å²) >= 11 is 10.0. The zero-order chi connectivity index (χ0) is 59.4. The van der Waals surface area contributed by atoms with Crippen molar-refractivity contribution in [2.45, 2.75) is 143 Å². The Morgan fingerprint density at radius 3 is 1.41 bits per heavy atom. The Hall–Kier alpha value is -6.21. The van der Waals surface area contributed by atoms with Crippen molar-refractivity contribution in [1.29, 1.82) is 0 Å². The summed E-state index contributed by atoms with van der Waals surface area (Å²) in [6.45, 7) is 19.0. The van der Waals surface area contributed by atoms with Crippen LogP contribution in [0.2, 0.25) is 0 Å². The smallest absolute Gasteiger partial charge is 0.411 e. The molecule has 3 saturated heterocycles. The number of amides is 4. The fraction of sp³-hybridized carbons (Fsp3) is 0.482. The van der Waals surface area contributed by atoms with E-state index in [1.165, 1.54) is 9.80 Å². The lowest BCUT2D eigenvalue weighted by molar-refractivity contribution is -0.142. The first-order valence-electron chi connectivity index (χ1n) is 25.6. The fourth-order valence-electron chi connectivity index (χ4n) is 7.79. The molecule has 7 rings (SSSR count). The number of carboxylic acid groups (broad SMARTS) is 2. The van der Waals surface area contributed by atoms with Crippen LogP contribution < -0.4 is 17.2 Å². The van der Waals surface area contributed by atoms with Gasteiger partial charge in [-0.2, -0.15) is 0 Å². The molecule has 0 spiro atoms. The van der Waals surface area contributed by atoms with E-state index in [0.717, 1.165) is 63.1 Å². The molecule has 21 nitrogen and oxygen atoms in total. The van der Waals surface area contributed by atoms with Crippen LogP contribution in [0.25, 0.3) is 11.3 Å².